The minimum Gasteiger partial charge on any atom is -0.357 e. The van der Waals surface area contributed by atoms with Crippen LogP contribution in [-0.4, -0.2) is 121 Å². The van der Waals surface area contributed by atoms with Gasteiger partial charge in [-0.1, -0.05) is 95.5 Å². The van der Waals surface area contributed by atoms with Crippen molar-refractivity contribution >= 4 is 109 Å². The highest BCUT2D eigenvalue weighted by Crippen LogP contribution is 2.26. The van der Waals surface area contributed by atoms with Crippen LogP contribution in [0.2, 0.25) is 10.0 Å². The molecule has 0 unspecified atom stereocenters. The highest BCUT2D eigenvalue weighted by Gasteiger charge is 2.26. The molecule has 12 rings (SSSR count). The number of amides is 3. The minimum absolute atomic E-state index is 0.0560. The summed E-state index contributed by atoms with van der Waals surface area (Å²) < 4.78 is 45.3. The van der Waals surface area contributed by atoms with Gasteiger partial charge in [0.15, 0.2) is 17.3 Å². The van der Waals surface area contributed by atoms with Crippen molar-refractivity contribution < 1.29 is 41.9 Å². The smallest absolute Gasteiger partial charge is 0.257 e. The monoisotopic (exact) mass is 1460 g/mol. The van der Waals surface area contributed by atoms with Gasteiger partial charge in [0.2, 0.25) is 0 Å². The molecule has 18 nitrogen and oxygen atoms in total. The van der Waals surface area contributed by atoms with Crippen LogP contribution in [0, 0.1) is 40.6 Å². The van der Waals surface area contributed by atoms with Crippen LogP contribution < -0.4 is 16.0 Å². The van der Waals surface area contributed by atoms with Gasteiger partial charge in [-0.05, 0) is 175 Å². The third-order valence-corrected chi connectivity index (χ3v) is 18.1. The zero-order valence-electron chi connectivity index (χ0n) is 55.0. The number of likely N-dealkylation sites (tertiary alicyclic amines) is 3. The molecule has 3 aliphatic heterocycles. The number of nitrogens with zero attached hydrogens (tertiary/aromatic N) is 6. The maximum absolute atomic E-state index is 14.9. The maximum atomic E-state index is 14.9. The summed E-state index contributed by atoms with van der Waals surface area (Å²) in [6, 6.07) is 41.2. The normalized spacial score (nSPS) is 13.2. The van der Waals surface area contributed by atoms with Crippen molar-refractivity contribution in [1.82, 2.24) is 29.7 Å². The van der Waals surface area contributed by atoms with E-state index in [2.05, 4.69) is 46.8 Å². The number of piperidine rings is 1. The number of Topliss-reactive ketones (excluding diaryl/α,β-unsaturated/α-hetero) is 3. The highest BCUT2D eigenvalue weighted by atomic mass is 79.9. The topological polar surface area (TPSA) is 258 Å². The Morgan fingerprint density at radius 2 is 0.743 bits per heavy atom. The fraction of sp³-hybridized carbons (Fsp3) is 0.221. The number of ketones is 3. The number of hydrogen-bond donors (Lipinski definition) is 6. The van der Waals surface area contributed by atoms with Gasteiger partial charge in [-0.15, -0.1) is 0 Å². The SMILES string of the molecule is Cc1ccc(CC(=O)c2ccc(C(=N)N3CCCC3)cc2F)c(C(=O)Nc2ccc(Br)cn2)c1.N=C(c1ccc(C(=O)Cc2ccccc2C(=O)Nc2ccc(Cl)cn2)c(F)c1)N1CCCC1.N=C(c1ccc(C(=O)Cc2ccccc2C(=O)Nc2ccc(Cl)cn2)c(F)c1)N1CCCCC1. The number of carbonyl (C=O) groups excluding carboxylic acids is 6. The summed E-state index contributed by atoms with van der Waals surface area (Å²) in [6.45, 7) is 6.56. The van der Waals surface area contributed by atoms with Gasteiger partial charge in [-0.25, -0.2) is 28.1 Å². The van der Waals surface area contributed by atoms with E-state index in [-0.39, 0.29) is 53.5 Å². The first-order valence-electron chi connectivity index (χ1n) is 32.7. The summed E-state index contributed by atoms with van der Waals surface area (Å²) in [5.41, 5.74) is 4.41. The van der Waals surface area contributed by atoms with Crippen LogP contribution in [0.1, 0.15) is 146 Å². The van der Waals surface area contributed by atoms with Crippen molar-refractivity contribution in [2.45, 2.75) is 71.1 Å². The van der Waals surface area contributed by atoms with Crippen LogP contribution in [0.25, 0.3) is 0 Å². The molecule has 6 aromatic carbocycles. The van der Waals surface area contributed by atoms with Crippen molar-refractivity contribution in [3.05, 3.63) is 281 Å². The van der Waals surface area contributed by atoms with Crippen LogP contribution in [-0.2, 0) is 19.3 Å². The maximum Gasteiger partial charge on any atom is 0.257 e. The van der Waals surface area contributed by atoms with E-state index in [0.29, 0.717) is 77.6 Å². The molecule has 0 bridgehead atoms. The van der Waals surface area contributed by atoms with Crippen molar-refractivity contribution in [3.8, 4) is 0 Å². The van der Waals surface area contributed by atoms with E-state index in [4.69, 9.17) is 39.4 Å². The number of aryl methyl sites for hydroxylation is 1. The molecule has 6 heterocycles. The van der Waals surface area contributed by atoms with Crippen LogP contribution >= 0.6 is 39.1 Å². The molecule has 3 saturated heterocycles. The molecule has 6 N–H and O–H groups in total. The molecule has 3 amide bonds. The van der Waals surface area contributed by atoms with Crippen molar-refractivity contribution in [2.75, 3.05) is 55.2 Å². The Bertz CT molecular complexity index is 4610. The highest BCUT2D eigenvalue weighted by molar-refractivity contribution is 9.10. The van der Waals surface area contributed by atoms with E-state index in [1.807, 2.05) is 27.7 Å². The molecule has 0 aliphatic carbocycles. The summed E-state index contributed by atoms with van der Waals surface area (Å²) in [5, 5.41) is 33.9. The number of pyridine rings is 3. The third kappa shape index (κ3) is 19.5. The molecule has 9 aromatic rings. The molecule has 3 fully saturated rings. The second-order valence-electron chi connectivity index (χ2n) is 24.3. The summed E-state index contributed by atoms with van der Waals surface area (Å²) in [6.07, 6.45) is 11.2. The van der Waals surface area contributed by atoms with Gasteiger partial charge in [0.05, 0.1) is 26.7 Å². The molecule has 0 spiro atoms. The average Bonchev–Trinajstić information content (AvgIpc) is 1.75. The van der Waals surface area contributed by atoms with E-state index < -0.39 is 52.5 Å². The van der Waals surface area contributed by atoms with E-state index in [9.17, 15) is 41.9 Å². The van der Waals surface area contributed by atoms with Gasteiger partial charge >= 0.3 is 0 Å². The number of hydrogen-bond acceptors (Lipinski definition) is 12. The lowest BCUT2D eigenvalue weighted by Crippen LogP contribution is -2.35. The Balaban J connectivity index is 0.000000163. The summed E-state index contributed by atoms with van der Waals surface area (Å²) in [5.74, 6) is -2.73. The molecular weight excluding hydrogens is 1400 g/mol. The predicted molar refractivity (Wildman–Crippen MR) is 389 cm³/mol. The number of rotatable bonds is 18. The number of aromatic nitrogens is 3. The summed E-state index contributed by atoms with van der Waals surface area (Å²) >= 11 is 15.0. The van der Waals surface area contributed by atoms with Crippen LogP contribution in [0.3, 0.4) is 0 Å². The number of nitrogens with one attached hydrogen (secondary N) is 6. The lowest BCUT2D eigenvalue weighted by atomic mass is 9.96. The Morgan fingerprint density at radius 3 is 1.09 bits per heavy atom. The average molecular weight is 1470 g/mol. The summed E-state index contributed by atoms with van der Waals surface area (Å²) in [7, 11) is 0. The molecule has 3 aliphatic rings. The number of carbonyl (C=O) groups is 6. The number of halogens is 6. The molecule has 101 heavy (non-hydrogen) atoms. The Labute approximate surface area is 600 Å². The Kier molecular flexibility index (Phi) is 25.0. The van der Waals surface area contributed by atoms with E-state index in [1.54, 1.807) is 121 Å². The Morgan fingerprint density at radius 1 is 0.406 bits per heavy atom. The lowest BCUT2D eigenvalue weighted by Gasteiger charge is -2.29. The van der Waals surface area contributed by atoms with Gasteiger partial charge in [-0.3, -0.25) is 45.0 Å². The third-order valence-electron chi connectivity index (χ3n) is 17.1. The van der Waals surface area contributed by atoms with Gasteiger partial charge in [-0.2, -0.15) is 0 Å². The quantitative estimate of drug-likeness (QED) is 0.0266. The van der Waals surface area contributed by atoms with E-state index in [0.717, 1.165) is 94.3 Å². The largest absolute Gasteiger partial charge is 0.357 e. The molecule has 24 heteroatoms. The number of anilines is 3. The van der Waals surface area contributed by atoms with Gasteiger partial charge in [0.1, 0.15) is 52.4 Å². The lowest BCUT2D eigenvalue weighted by molar-refractivity contribution is 0.0976. The fourth-order valence-corrected chi connectivity index (χ4v) is 12.2. The molecule has 516 valence electrons. The second-order valence-corrected chi connectivity index (χ2v) is 26.1. The van der Waals surface area contributed by atoms with Crippen LogP contribution in [0.4, 0.5) is 30.6 Å². The zero-order valence-corrected chi connectivity index (χ0v) is 58.1. The fourth-order valence-electron chi connectivity index (χ4n) is 11.8. The standard InChI is InChI=1S/C26H24BrFN4O2.C26H24ClFN4O2.C25H22ClFN4O2/c1-16-4-5-17(21(12-16)26(34)31-24-9-7-19(27)15-30-24)14-23(33)20-8-6-18(13-22(20)28)25(29)32-10-2-3-11-32;27-19-9-11-24(30-16-19)31-26(34)20-7-3-2-6-17(20)15-23(33)21-10-8-18(14-22(21)28)25(29)32-12-4-1-5-13-32;26-18-8-10-23(29-15-18)30-25(33)19-6-2-1-5-16(19)14-22(32)20-9-7-17(13-21(20)27)24(28)31-11-3-4-12-31/h4-9,12-13,15,29H,2-3,10-11,14H2,1H3,(H,30,31,34);2-3,6-11,14,16,29H,1,4-5,12-13,15H2,(H,30,31,34);1-2,5-10,13,15,28H,3-4,11-12,14H2,(H,29,30,33). The first-order valence-corrected chi connectivity index (χ1v) is 34.2. The second kappa shape index (κ2) is 34.5. The predicted octanol–water partition coefficient (Wildman–Crippen LogP) is 15.7. The molecule has 0 atom stereocenters. The van der Waals surface area contributed by atoms with Gasteiger partial charge in [0.25, 0.3) is 17.7 Å². The summed E-state index contributed by atoms with van der Waals surface area (Å²) in [4.78, 5) is 95.2. The van der Waals surface area contributed by atoms with E-state index >= 15 is 0 Å². The molecular formula is C77H70BrCl2F3N12O6. The van der Waals surface area contributed by atoms with Gasteiger partial charge < -0.3 is 30.7 Å². The molecule has 3 aromatic heterocycles. The number of amidine groups is 3. The van der Waals surface area contributed by atoms with E-state index in [1.165, 1.54) is 48.8 Å². The number of benzene rings is 6. The molecule has 0 saturated carbocycles. The van der Waals surface area contributed by atoms with Crippen molar-refractivity contribution in [1.29, 1.82) is 16.2 Å². The minimum atomic E-state index is -0.672. The molecule has 0 radical (unpaired) electrons. The zero-order chi connectivity index (χ0) is 71.7. The first kappa shape index (κ1) is 73.2. The van der Waals surface area contributed by atoms with Crippen LogP contribution in [0.15, 0.2) is 181 Å². The first-order chi connectivity index (χ1) is 48.7. The van der Waals surface area contributed by atoms with Crippen molar-refractivity contribution in [2.24, 2.45) is 0 Å². The Hall–Kier alpha value is -10.6. The van der Waals surface area contributed by atoms with Crippen LogP contribution in [0.5, 0.6) is 0 Å². The van der Waals surface area contributed by atoms with Gasteiger partial charge in [0, 0.05) is 115 Å². The van der Waals surface area contributed by atoms with Crippen molar-refractivity contribution in [3.63, 3.8) is 0 Å².